The smallest absolute Gasteiger partial charge is 0.219 e. The van der Waals surface area contributed by atoms with Gasteiger partial charge in [-0.2, -0.15) is 0 Å². The zero-order chi connectivity index (χ0) is 21.4. The number of fused-ring (bicyclic) bond motifs is 3. The van der Waals surface area contributed by atoms with Crippen LogP contribution >= 0.6 is 0 Å². The molecule has 0 spiro atoms. The topological polar surface area (TPSA) is 49.8 Å². The molecule has 1 amide bonds. The van der Waals surface area contributed by atoms with Gasteiger partial charge in [-0.3, -0.25) is 4.79 Å². The molecular formula is C26H31NO3. The average Bonchev–Trinajstić information content (AvgIpc) is 3.52. The fraction of sp³-hybridized carbons (Fsp3) is 0.423. The van der Waals surface area contributed by atoms with Crippen molar-refractivity contribution in [1.82, 2.24) is 4.90 Å². The van der Waals surface area contributed by atoms with Gasteiger partial charge in [0.15, 0.2) is 0 Å². The fourth-order valence-electron chi connectivity index (χ4n) is 4.39. The number of rotatable bonds is 7. The summed E-state index contributed by atoms with van der Waals surface area (Å²) in [6.45, 7) is 10.4. The summed E-state index contributed by atoms with van der Waals surface area (Å²) in [5, 5.41) is 11.5. The Bertz CT molecular complexity index is 1000. The quantitative estimate of drug-likeness (QED) is 0.577. The molecule has 4 nitrogen and oxygen atoms in total. The summed E-state index contributed by atoms with van der Waals surface area (Å²) in [6, 6.07) is 8.45. The first-order valence-corrected chi connectivity index (χ1v) is 11.0. The molecule has 1 N–H and O–H groups in total. The number of ether oxygens (including phenoxy) is 1. The minimum Gasteiger partial charge on any atom is -0.507 e. The van der Waals surface area contributed by atoms with Crippen LogP contribution in [0.5, 0.6) is 11.5 Å². The third kappa shape index (κ3) is 3.83. The van der Waals surface area contributed by atoms with Crippen molar-refractivity contribution in [2.75, 3.05) is 0 Å². The summed E-state index contributed by atoms with van der Waals surface area (Å²) in [5.74, 6) is 1.57. The third-order valence-corrected chi connectivity index (χ3v) is 6.21. The molecule has 158 valence electrons. The number of phenolic OH excluding ortho intramolecular Hbond substituents is 1. The van der Waals surface area contributed by atoms with E-state index in [2.05, 4.69) is 25.6 Å². The van der Waals surface area contributed by atoms with E-state index in [-0.39, 0.29) is 11.7 Å². The molecule has 1 heterocycles. The molecule has 1 aliphatic carbocycles. The summed E-state index contributed by atoms with van der Waals surface area (Å²) < 4.78 is 6.06. The van der Waals surface area contributed by atoms with Gasteiger partial charge in [0.2, 0.25) is 5.91 Å². The molecule has 1 aliphatic heterocycles. The van der Waals surface area contributed by atoms with E-state index in [4.69, 9.17) is 4.74 Å². The van der Waals surface area contributed by atoms with Crippen molar-refractivity contribution in [3.05, 3.63) is 53.1 Å². The summed E-state index contributed by atoms with van der Waals surface area (Å²) in [6.07, 6.45) is 6.25. The maximum atomic E-state index is 12.3. The average molecular weight is 406 g/mol. The number of aromatic hydroxyl groups is 1. The molecule has 2 aromatic rings. The van der Waals surface area contributed by atoms with Crippen LogP contribution in [-0.4, -0.2) is 22.0 Å². The third-order valence-electron chi connectivity index (χ3n) is 6.21. The fourth-order valence-corrected chi connectivity index (χ4v) is 4.39. The van der Waals surface area contributed by atoms with Crippen LogP contribution in [0.1, 0.15) is 68.2 Å². The first kappa shape index (κ1) is 20.5. The lowest BCUT2D eigenvalue weighted by atomic mass is 9.88. The van der Waals surface area contributed by atoms with Gasteiger partial charge < -0.3 is 14.7 Å². The Morgan fingerprint density at radius 3 is 2.67 bits per heavy atom. The highest BCUT2D eigenvalue weighted by Crippen LogP contribution is 2.49. The SMILES string of the molecule is C=C1Oc2cc(CCCCC)c(CN(C(C)=O)C3CC3)c(O)c2-c2cc(C)ccc21. The highest BCUT2D eigenvalue weighted by Gasteiger charge is 2.33. The van der Waals surface area contributed by atoms with Gasteiger partial charge in [0.25, 0.3) is 0 Å². The molecule has 0 unspecified atom stereocenters. The Morgan fingerprint density at radius 2 is 2.00 bits per heavy atom. The second kappa shape index (κ2) is 8.17. The number of amides is 1. The maximum Gasteiger partial charge on any atom is 0.219 e. The summed E-state index contributed by atoms with van der Waals surface area (Å²) in [5.41, 5.74) is 5.60. The van der Waals surface area contributed by atoms with Crippen LogP contribution in [-0.2, 0) is 17.8 Å². The lowest BCUT2D eigenvalue weighted by Crippen LogP contribution is -2.30. The molecule has 0 bridgehead atoms. The monoisotopic (exact) mass is 405 g/mol. The predicted molar refractivity (Wildman–Crippen MR) is 120 cm³/mol. The van der Waals surface area contributed by atoms with Crippen molar-refractivity contribution >= 4 is 11.7 Å². The Labute approximate surface area is 179 Å². The Balaban J connectivity index is 1.84. The van der Waals surface area contributed by atoms with Crippen LogP contribution in [0.4, 0.5) is 0 Å². The van der Waals surface area contributed by atoms with E-state index in [0.717, 1.165) is 71.9 Å². The molecule has 30 heavy (non-hydrogen) atoms. The van der Waals surface area contributed by atoms with Crippen LogP contribution in [0.2, 0.25) is 0 Å². The number of phenols is 1. The molecule has 1 saturated carbocycles. The van der Waals surface area contributed by atoms with E-state index in [9.17, 15) is 9.90 Å². The zero-order valence-electron chi connectivity index (χ0n) is 18.3. The van der Waals surface area contributed by atoms with Crippen LogP contribution in [0.3, 0.4) is 0 Å². The standard InChI is InChI=1S/C26H31NO3/c1-5-6-7-8-19-14-24-25(22-13-16(2)9-12-21(22)17(3)30-24)26(29)23(19)15-27(18(4)28)20-10-11-20/h9,12-14,20,29H,3,5-8,10-11,15H2,1-2,4H3. The number of carbonyl (C=O) groups is 1. The van der Waals surface area contributed by atoms with Crippen molar-refractivity contribution in [2.45, 2.75) is 71.9 Å². The van der Waals surface area contributed by atoms with Crippen molar-refractivity contribution < 1.29 is 14.6 Å². The van der Waals surface area contributed by atoms with Crippen LogP contribution in [0.15, 0.2) is 30.8 Å². The number of hydrogen-bond donors (Lipinski definition) is 1. The molecule has 4 heteroatoms. The number of aryl methyl sites for hydroxylation is 2. The molecule has 0 atom stereocenters. The predicted octanol–water partition coefficient (Wildman–Crippen LogP) is 5.97. The molecule has 2 aromatic carbocycles. The van der Waals surface area contributed by atoms with E-state index in [0.29, 0.717) is 24.1 Å². The Kier molecular flexibility index (Phi) is 5.59. The largest absolute Gasteiger partial charge is 0.507 e. The van der Waals surface area contributed by atoms with Gasteiger partial charge in [-0.1, -0.05) is 50.1 Å². The highest BCUT2D eigenvalue weighted by molar-refractivity contribution is 5.91. The van der Waals surface area contributed by atoms with Crippen LogP contribution < -0.4 is 4.74 Å². The lowest BCUT2D eigenvalue weighted by Gasteiger charge is -2.28. The van der Waals surface area contributed by atoms with Gasteiger partial charge >= 0.3 is 0 Å². The van der Waals surface area contributed by atoms with E-state index in [1.54, 1.807) is 6.92 Å². The maximum absolute atomic E-state index is 12.3. The summed E-state index contributed by atoms with van der Waals surface area (Å²) >= 11 is 0. The molecule has 0 radical (unpaired) electrons. The van der Waals surface area contributed by atoms with E-state index >= 15 is 0 Å². The van der Waals surface area contributed by atoms with E-state index in [1.165, 1.54) is 0 Å². The molecule has 4 rings (SSSR count). The molecular weight excluding hydrogens is 374 g/mol. The van der Waals surface area contributed by atoms with Gasteiger partial charge in [-0.25, -0.2) is 0 Å². The molecule has 2 aliphatic rings. The van der Waals surface area contributed by atoms with E-state index in [1.807, 2.05) is 24.0 Å². The van der Waals surface area contributed by atoms with Crippen molar-refractivity contribution in [3.63, 3.8) is 0 Å². The number of benzene rings is 2. The Hall–Kier alpha value is -2.75. The van der Waals surface area contributed by atoms with Crippen LogP contribution in [0.25, 0.3) is 16.9 Å². The first-order chi connectivity index (χ1) is 14.4. The number of hydrogen-bond acceptors (Lipinski definition) is 3. The van der Waals surface area contributed by atoms with Gasteiger partial charge in [0, 0.05) is 36.2 Å². The first-order valence-electron chi connectivity index (χ1n) is 11.0. The highest BCUT2D eigenvalue weighted by atomic mass is 16.5. The second-order valence-electron chi connectivity index (χ2n) is 8.65. The van der Waals surface area contributed by atoms with Gasteiger partial charge in [0.1, 0.15) is 17.3 Å². The zero-order valence-corrected chi connectivity index (χ0v) is 18.3. The van der Waals surface area contributed by atoms with Gasteiger partial charge in [0.05, 0.1) is 5.56 Å². The van der Waals surface area contributed by atoms with Crippen LogP contribution in [0, 0.1) is 6.92 Å². The van der Waals surface area contributed by atoms with Crippen molar-refractivity contribution in [2.24, 2.45) is 0 Å². The van der Waals surface area contributed by atoms with Gasteiger partial charge in [-0.05, 0) is 44.2 Å². The van der Waals surface area contributed by atoms with Crippen molar-refractivity contribution in [1.29, 1.82) is 0 Å². The normalized spacial score (nSPS) is 14.7. The van der Waals surface area contributed by atoms with Gasteiger partial charge in [-0.15, -0.1) is 0 Å². The lowest BCUT2D eigenvalue weighted by molar-refractivity contribution is -0.130. The van der Waals surface area contributed by atoms with E-state index < -0.39 is 0 Å². The summed E-state index contributed by atoms with van der Waals surface area (Å²) in [7, 11) is 0. The van der Waals surface area contributed by atoms with Crippen molar-refractivity contribution in [3.8, 4) is 22.6 Å². The minimum absolute atomic E-state index is 0.0648. The second-order valence-corrected chi connectivity index (χ2v) is 8.65. The number of unbranched alkanes of at least 4 members (excludes halogenated alkanes) is 2. The number of nitrogens with zero attached hydrogens (tertiary/aromatic N) is 1. The molecule has 0 aromatic heterocycles. The Morgan fingerprint density at radius 1 is 1.23 bits per heavy atom. The number of carbonyl (C=O) groups excluding carboxylic acids is 1. The summed E-state index contributed by atoms with van der Waals surface area (Å²) in [4.78, 5) is 14.2. The minimum atomic E-state index is 0.0648. The molecule has 1 fully saturated rings. The molecule has 0 saturated heterocycles.